The highest BCUT2D eigenvalue weighted by Gasteiger charge is 2.28. The van der Waals surface area contributed by atoms with Crippen LogP contribution in [-0.4, -0.2) is 52.9 Å². The standard InChI is InChI=1S/C14H28BN2O2/c1-9(2)16(10(3)4)13(18)15-14(19)17(11(5)6)12(7)8/h9-12H,1-8H3. The molecule has 0 aliphatic rings. The van der Waals surface area contributed by atoms with Gasteiger partial charge in [-0.25, -0.2) is 0 Å². The van der Waals surface area contributed by atoms with Gasteiger partial charge in [0.1, 0.15) is 0 Å². The molecule has 0 unspecified atom stereocenters. The second kappa shape index (κ2) is 7.56. The predicted octanol–water partition coefficient (Wildman–Crippen LogP) is 3.17. The van der Waals surface area contributed by atoms with Gasteiger partial charge in [-0.2, -0.15) is 0 Å². The number of carbonyl (C=O) groups is 2. The SMILES string of the molecule is CC(C)N(C(=O)[B]C(=O)N(C(C)C)C(C)C)C(C)C. The Morgan fingerprint density at radius 3 is 1.00 bits per heavy atom. The Morgan fingerprint density at radius 2 is 0.842 bits per heavy atom. The molecule has 0 fully saturated rings. The van der Waals surface area contributed by atoms with Crippen molar-refractivity contribution in [3.63, 3.8) is 0 Å². The van der Waals surface area contributed by atoms with E-state index >= 15 is 0 Å². The first-order chi connectivity index (χ1) is 8.59. The highest BCUT2D eigenvalue weighted by Crippen LogP contribution is 2.10. The van der Waals surface area contributed by atoms with E-state index in [-0.39, 0.29) is 35.8 Å². The quantitative estimate of drug-likeness (QED) is 0.693. The van der Waals surface area contributed by atoms with E-state index in [4.69, 9.17) is 0 Å². The van der Waals surface area contributed by atoms with Crippen LogP contribution in [0.25, 0.3) is 0 Å². The van der Waals surface area contributed by atoms with Crippen LogP contribution in [0, 0.1) is 0 Å². The Morgan fingerprint density at radius 1 is 0.632 bits per heavy atom. The van der Waals surface area contributed by atoms with Gasteiger partial charge in [0.25, 0.3) is 0 Å². The van der Waals surface area contributed by atoms with Crippen LogP contribution in [0.15, 0.2) is 0 Å². The van der Waals surface area contributed by atoms with Gasteiger partial charge in [0.15, 0.2) is 11.6 Å². The molecule has 0 rings (SSSR count). The number of nitrogens with zero attached hydrogens (tertiary/aromatic N) is 2. The van der Waals surface area contributed by atoms with Crippen molar-refractivity contribution in [1.29, 1.82) is 0 Å². The van der Waals surface area contributed by atoms with Gasteiger partial charge >= 0.3 is 7.28 Å². The smallest absolute Gasteiger partial charge is 0.346 e. The minimum absolute atomic E-state index is 0.0862. The van der Waals surface area contributed by atoms with Gasteiger partial charge in [0.05, 0.1) is 0 Å². The first-order valence-corrected chi connectivity index (χ1v) is 7.08. The highest BCUT2D eigenvalue weighted by atomic mass is 16.2. The Balaban J connectivity index is 4.83. The molecule has 0 bridgehead atoms. The summed E-state index contributed by atoms with van der Waals surface area (Å²) in [5, 5.41) is 0. The zero-order valence-corrected chi connectivity index (χ0v) is 13.6. The molecule has 0 saturated heterocycles. The van der Waals surface area contributed by atoms with Crippen LogP contribution < -0.4 is 0 Å². The molecule has 0 aliphatic carbocycles. The molecule has 0 saturated carbocycles. The number of hydrogen-bond donors (Lipinski definition) is 0. The molecule has 0 aromatic carbocycles. The fourth-order valence-electron chi connectivity index (χ4n) is 2.47. The molecule has 0 N–H and O–H groups in total. The Labute approximate surface area is 118 Å². The lowest BCUT2D eigenvalue weighted by Gasteiger charge is -2.34. The van der Waals surface area contributed by atoms with Crippen LogP contribution in [0.1, 0.15) is 55.4 Å². The zero-order chi connectivity index (χ0) is 15.3. The van der Waals surface area contributed by atoms with E-state index in [1.807, 2.05) is 55.4 Å². The fourth-order valence-corrected chi connectivity index (χ4v) is 2.47. The summed E-state index contributed by atoms with van der Waals surface area (Å²) in [4.78, 5) is 27.9. The summed E-state index contributed by atoms with van der Waals surface area (Å²) < 4.78 is 0. The molecule has 2 amide bonds. The van der Waals surface area contributed by atoms with Gasteiger partial charge in [-0.15, -0.1) is 0 Å². The Bertz CT molecular complexity index is 269. The average molecular weight is 267 g/mol. The van der Waals surface area contributed by atoms with E-state index in [0.29, 0.717) is 0 Å². The van der Waals surface area contributed by atoms with E-state index in [1.165, 1.54) is 7.28 Å². The predicted molar refractivity (Wildman–Crippen MR) is 80.8 cm³/mol. The Hall–Kier alpha value is -0.995. The topological polar surface area (TPSA) is 40.6 Å². The molecule has 109 valence electrons. The van der Waals surface area contributed by atoms with Crippen molar-refractivity contribution >= 4 is 18.9 Å². The maximum atomic E-state index is 12.2. The molecule has 0 heterocycles. The maximum absolute atomic E-state index is 12.2. The molecule has 0 spiro atoms. The van der Waals surface area contributed by atoms with Crippen LogP contribution in [0.5, 0.6) is 0 Å². The molecule has 1 radical (unpaired) electrons. The van der Waals surface area contributed by atoms with Crippen LogP contribution in [0.3, 0.4) is 0 Å². The second-order valence-corrected chi connectivity index (χ2v) is 6.01. The van der Waals surface area contributed by atoms with E-state index in [1.54, 1.807) is 9.80 Å². The van der Waals surface area contributed by atoms with Crippen LogP contribution in [0.4, 0.5) is 9.59 Å². The summed E-state index contributed by atoms with van der Waals surface area (Å²) in [6, 6.07) is 0.345. The molecular weight excluding hydrogens is 239 g/mol. The molecule has 0 aliphatic heterocycles. The third kappa shape index (κ3) is 5.25. The van der Waals surface area contributed by atoms with Gasteiger partial charge in [0.2, 0.25) is 0 Å². The minimum Gasteiger partial charge on any atom is -0.346 e. The summed E-state index contributed by atoms with van der Waals surface area (Å²) >= 11 is 0. The number of hydrogen-bond acceptors (Lipinski definition) is 2. The van der Waals surface area contributed by atoms with E-state index in [9.17, 15) is 9.59 Å². The van der Waals surface area contributed by atoms with Crippen molar-refractivity contribution in [3.8, 4) is 0 Å². The lowest BCUT2D eigenvalue weighted by atomic mass is 9.73. The maximum Gasteiger partial charge on any atom is 0.350 e. The summed E-state index contributed by atoms with van der Waals surface area (Å²) in [5.41, 5.74) is 0. The van der Waals surface area contributed by atoms with Crippen molar-refractivity contribution in [3.05, 3.63) is 0 Å². The van der Waals surface area contributed by atoms with Crippen molar-refractivity contribution in [2.45, 2.75) is 79.6 Å². The molecular formula is C14H28BN2O2. The van der Waals surface area contributed by atoms with E-state index in [2.05, 4.69) is 0 Å². The lowest BCUT2D eigenvalue weighted by molar-refractivity contribution is 0.181. The van der Waals surface area contributed by atoms with Crippen molar-refractivity contribution in [2.24, 2.45) is 0 Å². The van der Waals surface area contributed by atoms with Crippen LogP contribution >= 0.6 is 0 Å². The summed E-state index contributed by atoms with van der Waals surface area (Å²) in [6.45, 7) is 15.7. The van der Waals surface area contributed by atoms with Crippen LogP contribution in [-0.2, 0) is 0 Å². The van der Waals surface area contributed by atoms with Gasteiger partial charge in [0, 0.05) is 24.2 Å². The summed E-state index contributed by atoms with van der Waals surface area (Å²) in [6.07, 6.45) is 0. The molecule has 0 aromatic heterocycles. The first-order valence-electron chi connectivity index (χ1n) is 7.08. The lowest BCUT2D eigenvalue weighted by Crippen LogP contribution is -2.50. The summed E-state index contributed by atoms with van der Waals surface area (Å²) in [5.74, 6) is -0.414. The summed E-state index contributed by atoms with van der Waals surface area (Å²) in [7, 11) is 1.22. The molecule has 5 heteroatoms. The second-order valence-electron chi connectivity index (χ2n) is 6.01. The van der Waals surface area contributed by atoms with E-state index in [0.717, 1.165) is 0 Å². The van der Waals surface area contributed by atoms with Gasteiger partial charge in [-0.3, -0.25) is 9.59 Å². The zero-order valence-electron chi connectivity index (χ0n) is 13.6. The largest absolute Gasteiger partial charge is 0.350 e. The van der Waals surface area contributed by atoms with Gasteiger partial charge in [-0.1, -0.05) is 0 Å². The van der Waals surface area contributed by atoms with Crippen molar-refractivity contribution in [1.82, 2.24) is 9.80 Å². The first kappa shape index (κ1) is 18.0. The van der Waals surface area contributed by atoms with Gasteiger partial charge < -0.3 is 9.80 Å². The Kier molecular flexibility index (Phi) is 7.16. The molecule has 0 atom stereocenters. The highest BCUT2D eigenvalue weighted by molar-refractivity contribution is 6.96. The van der Waals surface area contributed by atoms with E-state index < -0.39 is 0 Å². The molecule has 19 heavy (non-hydrogen) atoms. The monoisotopic (exact) mass is 267 g/mol. The third-order valence-electron chi connectivity index (χ3n) is 2.98. The molecule has 4 nitrogen and oxygen atoms in total. The van der Waals surface area contributed by atoms with Crippen LogP contribution in [0.2, 0.25) is 0 Å². The third-order valence-corrected chi connectivity index (χ3v) is 2.98. The average Bonchev–Trinajstić information content (AvgIpc) is 2.13. The normalized spacial score (nSPS) is 11.4. The van der Waals surface area contributed by atoms with Gasteiger partial charge in [-0.05, 0) is 55.4 Å². The fraction of sp³-hybridized carbons (Fsp3) is 0.857. The minimum atomic E-state index is -0.207. The number of amides is 2. The molecule has 0 aromatic rings. The number of rotatable bonds is 6. The van der Waals surface area contributed by atoms with Crippen molar-refractivity contribution < 1.29 is 9.59 Å². The van der Waals surface area contributed by atoms with Crippen molar-refractivity contribution in [2.75, 3.05) is 0 Å². The number of carbonyl (C=O) groups excluding carboxylic acids is 2.